The molecule has 0 spiro atoms. The molecule has 1 aromatic rings. The van der Waals surface area contributed by atoms with Crippen LogP contribution < -0.4 is 4.90 Å². The second kappa shape index (κ2) is 6.56. The van der Waals surface area contributed by atoms with Gasteiger partial charge in [0.2, 0.25) is 0 Å². The number of carbonyl (C=O) groups excluding carboxylic acids is 1. The summed E-state index contributed by atoms with van der Waals surface area (Å²) in [6.45, 7) is 3.67. The van der Waals surface area contributed by atoms with E-state index in [1.54, 1.807) is 0 Å². The Hall–Kier alpha value is -1.43. The first-order valence-electron chi connectivity index (χ1n) is 7.46. The molecule has 0 bridgehead atoms. The Bertz CT molecular complexity index is 533. The molecule has 5 nitrogen and oxygen atoms in total. The summed E-state index contributed by atoms with van der Waals surface area (Å²) < 4.78 is 0. The minimum absolute atomic E-state index is 0.0605. The molecule has 116 valence electrons. The Morgan fingerprint density at radius 3 is 2.52 bits per heavy atom. The van der Waals surface area contributed by atoms with Gasteiger partial charge in [0.25, 0.3) is 0 Å². The van der Waals surface area contributed by atoms with Crippen LogP contribution in [-0.2, 0) is 0 Å². The fourth-order valence-corrected chi connectivity index (χ4v) is 4.09. The molecule has 1 heterocycles. The maximum atomic E-state index is 11.5. The van der Waals surface area contributed by atoms with Gasteiger partial charge >= 0.3 is 5.69 Å². The molecule has 0 saturated heterocycles. The van der Waals surface area contributed by atoms with Gasteiger partial charge in [0.15, 0.2) is 10.8 Å². The Morgan fingerprint density at radius 1 is 1.43 bits per heavy atom. The largest absolute Gasteiger partial charge is 0.358 e. The summed E-state index contributed by atoms with van der Waals surface area (Å²) in [7, 11) is 1.92. The summed E-state index contributed by atoms with van der Waals surface area (Å²) in [5.41, 5.74) is 0.0605. The van der Waals surface area contributed by atoms with Crippen molar-refractivity contribution in [2.45, 2.75) is 52.0 Å². The van der Waals surface area contributed by atoms with Crippen molar-refractivity contribution in [2.75, 3.05) is 11.9 Å². The van der Waals surface area contributed by atoms with Crippen molar-refractivity contribution >= 4 is 27.8 Å². The molecule has 0 amide bonds. The Balaban J connectivity index is 2.20. The van der Waals surface area contributed by atoms with Crippen molar-refractivity contribution in [2.24, 2.45) is 5.92 Å². The molecule has 0 aromatic carbocycles. The fraction of sp³-hybridized carbons (Fsp3) is 0.667. The van der Waals surface area contributed by atoms with Crippen LogP contribution in [-0.4, -0.2) is 23.8 Å². The van der Waals surface area contributed by atoms with E-state index in [0.717, 1.165) is 18.8 Å². The molecule has 1 saturated carbocycles. The van der Waals surface area contributed by atoms with Gasteiger partial charge in [-0.3, -0.25) is 14.9 Å². The average molecular weight is 310 g/mol. The quantitative estimate of drug-likeness (QED) is 0.463. The molecule has 21 heavy (non-hydrogen) atoms. The van der Waals surface area contributed by atoms with Crippen LogP contribution in [0.4, 0.5) is 10.7 Å². The third-order valence-electron chi connectivity index (χ3n) is 4.50. The first-order valence-corrected chi connectivity index (χ1v) is 8.27. The van der Waals surface area contributed by atoms with Crippen molar-refractivity contribution < 1.29 is 9.72 Å². The van der Waals surface area contributed by atoms with Gasteiger partial charge in [-0.2, -0.15) is 0 Å². The molecule has 0 N–H and O–H groups in total. The SMILES string of the molecule is CCC1CCC(N(C)c2sc(C(C)=O)cc2[N+](=O)[O-])CC1. The zero-order chi connectivity index (χ0) is 15.6. The third-order valence-corrected chi connectivity index (χ3v) is 5.81. The molecule has 1 aliphatic rings. The van der Waals surface area contributed by atoms with Crippen LogP contribution in [0, 0.1) is 16.0 Å². The lowest BCUT2D eigenvalue weighted by Crippen LogP contribution is -2.34. The van der Waals surface area contributed by atoms with Gasteiger partial charge in [-0.05, 0) is 38.5 Å². The summed E-state index contributed by atoms with van der Waals surface area (Å²) >= 11 is 1.24. The first kappa shape index (κ1) is 15.9. The van der Waals surface area contributed by atoms with E-state index < -0.39 is 0 Å². The van der Waals surface area contributed by atoms with Crippen molar-refractivity contribution in [1.82, 2.24) is 0 Å². The van der Waals surface area contributed by atoms with E-state index in [1.807, 2.05) is 11.9 Å². The molecule has 0 radical (unpaired) electrons. The minimum Gasteiger partial charge on any atom is -0.358 e. The van der Waals surface area contributed by atoms with Crippen molar-refractivity contribution in [1.29, 1.82) is 0 Å². The van der Waals surface area contributed by atoms with Crippen molar-refractivity contribution in [3.63, 3.8) is 0 Å². The predicted molar refractivity (Wildman–Crippen MR) is 85.4 cm³/mol. The molecule has 0 aliphatic heterocycles. The van der Waals surface area contributed by atoms with Crippen LogP contribution in [0.15, 0.2) is 6.07 Å². The number of rotatable bonds is 5. The van der Waals surface area contributed by atoms with E-state index in [9.17, 15) is 14.9 Å². The molecule has 6 heteroatoms. The minimum atomic E-state index is -0.382. The van der Waals surface area contributed by atoms with E-state index >= 15 is 0 Å². The van der Waals surface area contributed by atoms with Gasteiger partial charge in [-0.25, -0.2) is 0 Å². The number of nitrogens with zero attached hydrogens (tertiary/aromatic N) is 2. The number of Topliss-reactive ketones (excluding diaryl/α,β-unsaturated/α-hetero) is 1. The number of hydrogen-bond acceptors (Lipinski definition) is 5. The highest BCUT2D eigenvalue weighted by Crippen LogP contribution is 2.40. The molecular weight excluding hydrogens is 288 g/mol. The Kier molecular flexibility index (Phi) is 4.98. The molecule has 0 atom stereocenters. The molecule has 0 unspecified atom stereocenters. The van der Waals surface area contributed by atoms with Crippen LogP contribution in [0.25, 0.3) is 0 Å². The van der Waals surface area contributed by atoms with Crippen LogP contribution in [0.3, 0.4) is 0 Å². The molecule has 1 aromatic heterocycles. The normalized spacial score (nSPS) is 22.0. The number of thiophene rings is 1. The fourth-order valence-electron chi connectivity index (χ4n) is 3.04. The number of ketones is 1. The monoisotopic (exact) mass is 310 g/mol. The molecule has 2 rings (SSSR count). The van der Waals surface area contributed by atoms with Gasteiger partial charge < -0.3 is 4.90 Å². The summed E-state index contributed by atoms with van der Waals surface area (Å²) in [4.78, 5) is 24.8. The van der Waals surface area contributed by atoms with E-state index in [2.05, 4.69) is 6.92 Å². The first-order chi connectivity index (χ1) is 9.93. The van der Waals surface area contributed by atoms with E-state index in [1.165, 1.54) is 43.6 Å². The number of anilines is 1. The van der Waals surface area contributed by atoms with Gasteiger partial charge in [0.1, 0.15) is 0 Å². The third kappa shape index (κ3) is 3.43. The topological polar surface area (TPSA) is 63.5 Å². The highest BCUT2D eigenvalue weighted by Gasteiger charge is 2.29. The lowest BCUT2D eigenvalue weighted by atomic mass is 9.84. The maximum Gasteiger partial charge on any atom is 0.304 e. The summed E-state index contributed by atoms with van der Waals surface area (Å²) in [6, 6.07) is 1.75. The lowest BCUT2D eigenvalue weighted by Gasteiger charge is -2.34. The van der Waals surface area contributed by atoms with Gasteiger partial charge in [-0.1, -0.05) is 13.3 Å². The van der Waals surface area contributed by atoms with Gasteiger partial charge in [0, 0.05) is 19.2 Å². The lowest BCUT2D eigenvalue weighted by molar-refractivity contribution is -0.383. The van der Waals surface area contributed by atoms with Crippen LogP contribution >= 0.6 is 11.3 Å². The second-order valence-electron chi connectivity index (χ2n) is 5.81. The standard InChI is InChI=1S/C15H22N2O3S/c1-4-11-5-7-12(8-6-11)16(3)15-13(17(19)20)9-14(21-15)10(2)18/h9,11-12H,4-8H2,1-3H3. The van der Waals surface area contributed by atoms with Gasteiger partial charge in [-0.15, -0.1) is 11.3 Å². The molecule has 1 fully saturated rings. The number of nitro groups is 1. The number of carbonyl (C=O) groups is 1. The summed E-state index contributed by atoms with van der Waals surface area (Å²) in [6.07, 6.45) is 5.72. The smallest absolute Gasteiger partial charge is 0.304 e. The van der Waals surface area contributed by atoms with Crippen LogP contribution in [0.5, 0.6) is 0 Å². The highest BCUT2D eigenvalue weighted by atomic mass is 32.1. The average Bonchev–Trinajstić information content (AvgIpc) is 2.92. The van der Waals surface area contributed by atoms with Crippen molar-refractivity contribution in [3.05, 3.63) is 21.1 Å². The van der Waals surface area contributed by atoms with Crippen LogP contribution in [0.1, 0.15) is 55.6 Å². The van der Waals surface area contributed by atoms with E-state index in [4.69, 9.17) is 0 Å². The predicted octanol–water partition coefficient (Wildman–Crippen LogP) is 4.26. The zero-order valence-corrected chi connectivity index (χ0v) is 13.6. The van der Waals surface area contributed by atoms with E-state index in [0.29, 0.717) is 15.9 Å². The molecule has 1 aliphatic carbocycles. The summed E-state index contributed by atoms with van der Waals surface area (Å²) in [5, 5.41) is 11.8. The maximum absolute atomic E-state index is 11.5. The number of hydrogen-bond donors (Lipinski definition) is 0. The molecular formula is C15H22N2O3S. The van der Waals surface area contributed by atoms with Crippen LogP contribution in [0.2, 0.25) is 0 Å². The van der Waals surface area contributed by atoms with Gasteiger partial charge in [0.05, 0.1) is 9.80 Å². The van der Waals surface area contributed by atoms with E-state index in [-0.39, 0.29) is 16.4 Å². The van der Waals surface area contributed by atoms with Crippen molar-refractivity contribution in [3.8, 4) is 0 Å². The summed E-state index contributed by atoms with van der Waals surface area (Å²) in [5.74, 6) is 0.679. The Morgan fingerprint density at radius 2 is 2.05 bits per heavy atom. The Labute approximate surface area is 129 Å². The zero-order valence-electron chi connectivity index (χ0n) is 12.8. The second-order valence-corrected chi connectivity index (χ2v) is 6.84. The highest BCUT2D eigenvalue weighted by molar-refractivity contribution is 7.18.